The van der Waals surface area contributed by atoms with Crippen molar-refractivity contribution in [3.8, 4) is 0 Å². The van der Waals surface area contributed by atoms with Crippen molar-refractivity contribution in [2.24, 2.45) is 11.3 Å². The zero-order valence-electron chi connectivity index (χ0n) is 17.7. The lowest BCUT2D eigenvalue weighted by Crippen LogP contribution is -2.39. The Labute approximate surface area is 172 Å². The van der Waals surface area contributed by atoms with Crippen LogP contribution in [0.25, 0.3) is 0 Å². The number of methoxy groups -OCH3 is 1. The fourth-order valence-corrected chi connectivity index (χ4v) is 5.83. The summed E-state index contributed by atoms with van der Waals surface area (Å²) in [4.78, 5) is 26.3. The fourth-order valence-electron chi connectivity index (χ4n) is 4.52. The van der Waals surface area contributed by atoms with Gasteiger partial charge in [0.2, 0.25) is 0 Å². The summed E-state index contributed by atoms with van der Waals surface area (Å²) < 4.78 is 5.04. The highest BCUT2D eigenvalue weighted by Gasteiger charge is 2.35. The summed E-state index contributed by atoms with van der Waals surface area (Å²) in [5.74, 6) is 0.247. The second-order valence-electron chi connectivity index (χ2n) is 8.91. The van der Waals surface area contributed by atoms with Crippen LogP contribution in [0.5, 0.6) is 0 Å². The van der Waals surface area contributed by atoms with Gasteiger partial charge in [0.25, 0.3) is 0 Å². The Balaban J connectivity index is 1.79. The largest absolute Gasteiger partial charge is 0.465 e. The Morgan fingerprint density at radius 3 is 2.54 bits per heavy atom. The van der Waals surface area contributed by atoms with Crippen LogP contribution >= 0.6 is 11.3 Å². The number of carbonyl (C=O) groups is 2. The molecule has 5 nitrogen and oxygen atoms in total. The van der Waals surface area contributed by atoms with Crippen LogP contribution in [-0.2, 0) is 17.6 Å². The van der Waals surface area contributed by atoms with E-state index in [2.05, 4.69) is 31.4 Å². The molecule has 1 aromatic rings. The van der Waals surface area contributed by atoms with Gasteiger partial charge in [0.1, 0.15) is 5.00 Å². The number of esters is 1. The van der Waals surface area contributed by atoms with E-state index in [4.69, 9.17) is 4.74 Å². The molecule has 1 atom stereocenters. The second kappa shape index (κ2) is 8.85. The third kappa shape index (κ3) is 4.53. The highest BCUT2D eigenvalue weighted by atomic mass is 32.1. The third-order valence-electron chi connectivity index (χ3n) is 6.84. The summed E-state index contributed by atoms with van der Waals surface area (Å²) in [6.45, 7) is 6.90. The molecule has 1 saturated carbocycles. The van der Waals surface area contributed by atoms with Gasteiger partial charge in [0.05, 0.1) is 12.7 Å². The number of ether oxygens (including phenoxy) is 1. The Bertz CT molecular complexity index is 720. The Morgan fingerprint density at radius 2 is 1.89 bits per heavy atom. The molecule has 28 heavy (non-hydrogen) atoms. The number of carbonyl (C=O) groups excluding carboxylic acids is 2. The summed E-state index contributed by atoms with van der Waals surface area (Å²) >= 11 is 1.55. The van der Waals surface area contributed by atoms with Crippen LogP contribution < -0.4 is 10.6 Å². The number of thiophene rings is 1. The van der Waals surface area contributed by atoms with E-state index < -0.39 is 0 Å². The normalized spacial score (nSPS) is 20.4. The molecule has 0 aliphatic heterocycles. The quantitative estimate of drug-likeness (QED) is 0.632. The van der Waals surface area contributed by atoms with Crippen LogP contribution in [0.2, 0.25) is 0 Å². The zero-order chi connectivity index (χ0) is 20.3. The van der Waals surface area contributed by atoms with Gasteiger partial charge in [-0.05, 0) is 49.0 Å². The number of amides is 2. The van der Waals surface area contributed by atoms with Gasteiger partial charge in [0, 0.05) is 10.9 Å². The van der Waals surface area contributed by atoms with E-state index in [-0.39, 0.29) is 23.5 Å². The second-order valence-corrected chi connectivity index (χ2v) is 10.0. The van der Waals surface area contributed by atoms with E-state index in [9.17, 15) is 9.59 Å². The lowest BCUT2D eigenvalue weighted by Gasteiger charge is -2.36. The maximum atomic E-state index is 12.6. The van der Waals surface area contributed by atoms with Crippen molar-refractivity contribution in [3.63, 3.8) is 0 Å². The predicted octanol–water partition coefficient (Wildman–Crippen LogP) is 5.53. The first-order valence-electron chi connectivity index (χ1n) is 10.7. The molecular formula is C22H34N2O3S. The molecule has 2 aliphatic carbocycles. The topological polar surface area (TPSA) is 67.4 Å². The first-order valence-corrected chi connectivity index (χ1v) is 11.5. The summed E-state index contributed by atoms with van der Waals surface area (Å²) in [7, 11) is 1.41. The van der Waals surface area contributed by atoms with Crippen molar-refractivity contribution in [3.05, 3.63) is 16.0 Å². The molecule has 2 aliphatic rings. The zero-order valence-corrected chi connectivity index (χ0v) is 18.5. The van der Waals surface area contributed by atoms with Crippen molar-refractivity contribution in [2.75, 3.05) is 12.4 Å². The maximum absolute atomic E-state index is 12.6. The molecule has 6 heteroatoms. The fraction of sp³-hybridized carbons (Fsp3) is 0.727. The molecule has 2 amide bonds. The van der Waals surface area contributed by atoms with Gasteiger partial charge in [-0.2, -0.15) is 0 Å². The molecule has 0 saturated heterocycles. The van der Waals surface area contributed by atoms with Crippen molar-refractivity contribution in [1.82, 2.24) is 5.32 Å². The molecule has 1 fully saturated rings. The van der Waals surface area contributed by atoms with Crippen LogP contribution in [-0.4, -0.2) is 25.2 Å². The van der Waals surface area contributed by atoms with Gasteiger partial charge in [0.15, 0.2) is 0 Å². The minimum atomic E-state index is -0.348. The molecule has 1 heterocycles. The number of fused-ring (bicyclic) bond motifs is 1. The molecular weight excluding hydrogens is 372 g/mol. The third-order valence-corrected chi connectivity index (χ3v) is 8.01. The van der Waals surface area contributed by atoms with Crippen LogP contribution in [0.15, 0.2) is 0 Å². The van der Waals surface area contributed by atoms with Crippen molar-refractivity contribution >= 4 is 28.3 Å². The predicted molar refractivity (Wildman–Crippen MR) is 114 cm³/mol. The van der Waals surface area contributed by atoms with Crippen molar-refractivity contribution in [2.45, 2.75) is 84.6 Å². The van der Waals surface area contributed by atoms with Gasteiger partial charge in [-0.15, -0.1) is 11.3 Å². The molecule has 2 N–H and O–H groups in total. The molecule has 156 valence electrons. The number of hydrogen-bond acceptors (Lipinski definition) is 4. The standard InChI is InChI=1S/C22H34N2O3S/c1-5-22(2,3)14-11-12-16-17(13-14)28-19(18(16)20(25)27-4)24-21(26)23-15-9-7-6-8-10-15/h14-15H,5-13H2,1-4H3,(H2,23,24,26)/t14-/m0/s1. The van der Waals surface area contributed by atoms with Gasteiger partial charge in [-0.3, -0.25) is 5.32 Å². The van der Waals surface area contributed by atoms with Crippen molar-refractivity contribution < 1.29 is 14.3 Å². The molecule has 3 rings (SSSR count). The first kappa shape index (κ1) is 21.2. The molecule has 0 spiro atoms. The van der Waals surface area contributed by atoms with E-state index in [0.29, 0.717) is 16.5 Å². The average Bonchev–Trinajstić information content (AvgIpc) is 3.04. The number of rotatable bonds is 5. The summed E-state index contributed by atoms with van der Waals surface area (Å²) in [6.07, 6.45) is 9.70. The number of nitrogens with one attached hydrogen (secondary N) is 2. The van der Waals surface area contributed by atoms with E-state index in [0.717, 1.165) is 44.1 Å². The van der Waals surface area contributed by atoms with Gasteiger partial charge < -0.3 is 10.1 Å². The lowest BCUT2D eigenvalue weighted by molar-refractivity contribution is 0.0600. The molecule has 1 aromatic heterocycles. The summed E-state index contributed by atoms with van der Waals surface area (Å²) in [5.41, 5.74) is 1.92. The number of urea groups is 1. The van der Waals surface area contributed by atoms with E-state index in [1.165, 1.54) is 31.2 Å². The van der Waals surface area contributed by atoms with Crippen LogP contribution in [0.3, 0.4) is 0 Å². The maximum Gasteiger partial charge on any atom is 0.341 e. The Hall–Kier alpha value is -1.56. The Morgan fingerprint density at radius 1 is 1.18 bits per heavy atom. The van der Waals surface area contributed by atoms with Gasteiger partial charge in [-0.25, -0.2) is 9.59 Å². The first-order chi connectivity index (χ1) is 13.4. The van der Waals surface area contributed by atoms with Gasteiger partial charge in [-0.1, -0.05) is 46.5 Å². The minimum Gasteiger partial charge on any atom is -0.465 e. The van der Waals surface area contributed by atoms with E-state index in [1.54, 1.807) is 11.3 Å². The van der Waals surface area contributed by atoms with Crippen LogP contribution in [0.1, 0.15) is 86.5 Å². The lowest BCUT2D eigenvalue weighted by atomic mass is 9.69. The van der Waals surface area contributed by atoms with E-state index in [1.807, 2.05) is 0 Å². The van der Waals surface area contributed by atoms with Crippen LogP contribution in [0, 0.1) is 11.3 Å². The summed E-state index contributed by atoms with van der Waals surface area (Å²) in [6, 6.07) is 0.0285. The van der Waals surface area contributed by atoms with Gasteiger partial charge >= 0.3 is 12.0 Å². The number of hydrogen-bond donors (Lipinski definition) is 2. The average molecular weight is 407 g/mol. The highest BCUT2D eigenvalue weighted by Crippen LogP contribution is 2.45. The molecule has 0 unspecified atom stereocenters. The monoisotopic (exact) mass is 406 g/mol. The smallest absolute Gasteiger partial charge is 0.341 e. The van der Waals surface area contributed by atoms with Crippen molar-refractivity contribution in [1.29, 1.82) is 0 Å². The number of anilines is 1. The molecule has 0 radical (unpaired) electrons. The van der Waals surface area contributed by atoms with Crippen LogP contribution in [0.4, 0.5) is 9.80 Å². The molecule has 0 bridgehead atoms. The molecule has 0 aromatic carbocycles. The minimum absolute atomic E-state index is 0.207. The SMILES string of the molecule is CCC(C)(C)[C@H]1CCc2c(sc(NC(=O)NC3CCCCC3)c2C(=O)OC)C1. The summed E-state index contributed by atoms with van der Waals surface area (Å²) in [5, 5.41) is 6.68. The highest BCUT2D eigenvalue weighted by molar-refractivity contribution is 7.17. The Kier molecular flexibility index (Phi) is 6.69. The van der Waals surface area contributed by atoms with E-state index >= 15 is 0 Å².